The van der Waals surface area contributed by atoms with E-state index in [-0.39, 0.29) is 11.9 Å². The van der Waals surface area contributed by atoms with Crippen LogP contribution < -0.4 is 5.32 Å². The van der Waals surface area contributed by atoms with E-state index in [1.54, 1.807) is 11.3 Å². The molecule has 25 heavy (non-hydrogen) atoms. The van der Waals surface area contributed by atoms with Crippen LogP contribution in [0.2, 0.25) is 0 Å². The molecule has 0 spiro atoms. The highest BCUT2D eigenvalue weighted by Crippen LogP contribution is 2.29. The molecule has 1 aliphatic rings. The molecule has 1 aromatic carbocycles. The number of hydrogen-bond donors (Lipinski definition) is 1. The maximum Gasteiger partial charge on any atom is 0.253 e. The zero-order valence-corrected chi connectivity index (χ0v) is 15.2. The van der Waals surface area contributed by atoms with Gasteiger partial charge in [0.15, 0.2) is 10.8 Å². The zero-order valence-electron chi connectivity index (χ0n) is 14.4. The lowest BCUT2D eigenvalue weighted by Gasteiger charge is -2.33. The highest BCUT2D eigenvalue weighted by molar-refractivity contribution is 7.22. The number of fused-ring (bicyclic) bond motifs is 1. The van der Waals surface area contributed by atoms with Crippen LogP contribution in [0.3, 0.4) is 0 Å². The number of likely N-dealkylation sites (tertiary alicyclic amines) is 1. The van der Waals surface area contributed by atoms with Gasteiger partial charge in [-0.15, -0.1) is 0 Å². The van der Waals surface area contributed by atoms with Crippen LogP contribution in [-0.4, -0.2) is 44.7 Å². The lowest BCUT2D eigenvalue weighted by molar-refractivity contribution is 0.0715. The van der Waals surface area contributed by atoms with Crippen LogP contribution in [0.15, 0.2) is 30.3 Å². The van der Waals surface area contributed by atoms with E-state index in [2.05, 4.69) is 15.4 Å². The summed E-state index contributed by atoms with van der Waals surface area (Å²) in [5.41, 5.74) is 2.68. The number of thiazole rings is 1. The number of hydrogen-bond acceptors (Lipinski definition) is 5. The number of anilines is 1. The lowest BCUT2D eigenvalue weighted by Crippen LogP contribution is -2.45. The summed E-state index contributed by atoms with van der Waals surface area (Å²) < 4.78 is 2.94. The van der Waals surface area contributed by atoms with Gasteiger partial charge in [-0.05, 0) is 31.9 Å². The van der Waals surface area contributed by atoms with Crippen LogP contribution in [0.25, 0.3) is 10.3 Å². The summed E-state index contributed by atoms with van der Waals surface area (Å²) in [6.45, 7) is 3.53. The standard InChI is InChI=1S/C18H21N5OS/c1-12-15-16(22(2)21-12)20-18(25-15)19-14-9-6-10-23(11-14)17(24)13-7-4-3-5-8-13/h3-5,7-8,14H,6,9-11H2,1-2H3,(H,19,20). The van der Waals surface area contributed by atoms with Gasteiger partial charge in [0.05, 0.1) is 10.4 Å². The first-order chi connectivity index (χ1) is 12.1. The Kier molecular flexibility index (Phi) is 4.17. The second-order valence-corrected chi connectivity index (χ2v) is 7.48. The molecule has 1 atom stereocenters. The Morgan fingerprint density at radius 2 is 2.12 bits per heavy atom. The van der Waals surface area contributed by atoms with Gasteiger partial charge in [0.2, 0.25) is 0 Å². The lowest BCUT2D eigenvalue weighted by atomic mass is 10.0. The molecule has 4 rings (SSSR count). The Labute approximate surface area is 150 Å². The molecule has 3 aromatic rings. The van der Waals surface area contributed by atoms with Crippen LogP contribution in [0.4, 0.5) is 5.13 Å². The fourth-order valence-electron chi connectivity index (χ4n) is 3.36. The van der Waals surface area contributed by atoms with Gasteiger partial charge in [-0.1, -0.05) is 29.5 Å². The van der Waals surface area contributed by atoms with Crippen molar-refractivity contribution in [1.29, 1.82) is 0 Å². The minimum Gasteiger partial charge on any atom is -0.357 e. The van der Waals surface area contributed by atoms with Crippen LogP contribution in [-0.2, 0) is 7.05 Å². The van der Waals surface area contributed by atoms with Gasteiger partial charge in [-0.2, -0.15) is 5.10 Å². The zero-order chi connectivity index (χ0) is 17.4. The van der Waals surface area contributed by atoms with Gasteiger partial charge in [0.1, 0.15) is 0 Å². The van der Waals surface area contributed by atoms with Gasteiger partial charge >= 0.3 is 0 Å². The average Bonchev–Trinajstić information content (AvgIpc) is 3.16. The molecule has 1 fully saturated rings. The van der Waals surface area contributed by atoms with Crippen LogP contribution >= 0.6 is 11.3 Å². The van der Waals surface area contributed by atoms with E-state index < -0.39 is 0 Å². The third kappa shape index (κ3) is 3.11. The van der Waals surface area contributed by atoms with Crippen molar-refractivity contribution in [2.24, 2.45) is 7.05 Å². The summed E-state index contributed by atoms with van der Waals surface area (Å²) in [6, 6.07) is 9.73. The van der Waals surface area contributed by atoms with Crippen LogP contribution in [0.5, 0.6) is 0 Å². The molecule has 1 N–H and O–H groups in total. The molecule has 0 bridgehead atoms. The maximum absolute atomic E-state index is 12.7. The molecule has 1 aliphatic heterocycles. The van der Waals surface area contributed by atoms with Crippen molar-refractivity contribution in [1.82, 2.24) is 19.7 Å². The molecule has 130 valence electrons. The molecule has 6 nitrogen and oxygen atoms in total. The molecular formula is C18H21N5OS. The van der Waals surface area contributed by atoms with E-state index in [4.69, 9.17) is 0 Å². The number of rotatable bonds is 3. The van der Waals surface area contributed by atoms with Gasteiger partial charge in [-0.3, -0.25) is 4.79 Å². The van der Waals surface area contributed by atoms with E-state index in [1.165, 1.54) is 0 Å². The number of carbonyl (C=O) groups is 1. The topological polar surface area (TPSA) is 63.1 Å². The Morgan fingerprint density at radius 3 is 2.88 bits per heavy atom. The highest BCUT2D eigenvalue weighted by atomic mass is 32.1. The predicted molar refractivity (Wildman–Crippen MR) is 100 cm³/mol. The van der Waals surface area contributed by atoms with Crippen molar-refractivity contribution >= 4 is 32.7 Å². The first kappa shape index (κ1) is 16.1. The van der Waals surface area contributed by atoms with Crippen molar-refractivity contribution in [3.8, 4) is 0 Å². The van der Waals surface area contributed by atoms with E-state index in [1.807, 2.05) is 53.9 Å². The number of amides is 1. The quantitative estimate of drug-likeness (QED) is 0.784. The second-order valence-electron chi connectivity index (χ2n) is 6.48. The Morgan fingerprint density at radius 1 is 1.32 bits per heavy atom. The minimum atomic E-state index is 0.108. The number of benzene rings is 1. The number of piperidine rings is 1. The Bertz CT molecular complexity index is 866. The number of aromatic nitrogens is 3. The van der Waals surface area contributed by atoms with Crippen molar-refractivity contribution in [2.45, 2.75) is 25.8 Å². The first-order valence-electron chi connectivity index (χ1n) is 8.53. The van der Waals surface area contributed by atoms with Gasteiger partial charge in [0, 0.05) is 31.7 Å². The average molecular weight is 355 g/mol. The summed E-state index contributed by atoms with van der Waals surface area (Å²) >= 11 is 1.64. The molecule has 0 saturated carbocycles. The van der Waals surface area contributed by atoms with Crippen molar-refractivity contribution in [3.05, 3.63) is 41.6 Å². The van der Waals surface area contributed by atoms with Crippen LogP contribution in [0.1, 0.15) is 28.9 Å². The molecule has 3 heterocycles. The molecule has 7 heteroatoms. The Balaban J connectivity index is 1.47. The van der Waals surface area contributed by atoms with E-state index >= 15 is 0 Å². The van der Waals surface area contributed by atoms with E-state index in [9.17, 15) is 4.79 Å². The fraction of sp³-hybridized carbons (Fsp3) is 0.389. The third-order valence-electron chi connectivity index (χ3n) is 4.60. The monoisotopic (exact) mass is 355 g/mol. The highest BCUT2D eigenvalue weighted by Gasteiger charge is 2.25. The summed E-state index contributed by atoms with van der Waals surface area (Å²) in [7, 11) is 1.92. The SMILES string of the molecule is Cc1nn(C)c2nc(NC3CCCN(C(=O)c4ccccc4)C3)sc12. The summed E-state index contributed by atoms with van der Waals surface area (Å²) in [6.07, 6.45) is 2.05. The summed E-state index contributed by atoms with van der Waals surface area (Å²) in [5.74, 6) is 0.108. The van der Waals surface area contributed by atoms with Gasteiger partial charge < -0.3 is 10.2 Å². The largest absolute Gasteiger partial charge is 0.357 e. The van der Waals surface area contributed by atoms with Gasteiger partial charge in [0.25, 0.3) is 5.91 Å². The van der Waals surface area contributed by atoms with E-state index in [0.29, 0.717) is 6.54 Å². The van der Waals surface area contributed by atoms with Crippen LogP contribution in [0, 0.1) is 6.92 Å². The summed E-state index contributed by atoms with van der Waals surface area (Å²) in [4.78, 5) is 19.3. The molecule has 1 saturated heterocycles. The number of aryl methyl sites for hydroxylation is 2. The minimum absolute atomic E-state index is 0.108. The summed E-state index contributed by atoms with van der Waals surface area (Å²) in [5, 5.41) is 8.82. The molecule has 1 unspecified atom stereocenters. The molecule has 2 aromatic heterocycles. The first-order valence-corrected chi connectivity index (χ1v) is 9.34. The molecule has 0 radical (unpaired) electrons. The Hall–Kier alpha value is -2.41. The molecular weight excluding hydrogens is 334 g/mol. The maximum atomic E-state index is 12.7. The normalized spacial score (nSPS) is 17.8. The van der Waals surface area contributed by atoms with E-state index in [0.717, 1.165) is 46.1 Å². The smallest absolute Gasteiger partial charge is 0.253 e. The van der Waals surface area contributed by atoms with Crippen molar-refractivity contribution in [3.63, 3.8) is 0 Å². The molecule has 0 aliphatic carbocycles. The number of carbonyl (C=O) groups excluding carboxylic acids is 1. The third-order valence-corrected chi connectivity index (χ3v) is 5.69. The van der Waals surface area contributed by atoms with Gasteiger partial charge in [-0.25, -0.2) is 9.67 Å². The fourth-order valence-corrected chi connectivity index (χ4v) is 4.37. The van der Waals surface area contributed by atoms with Crippen molar-refractivity contribution < 1.29 is 4.79 Å². The predicted octanol–water partition coefficient (Wildman–Crippen LogP) is 3.05. The number of nitrogens with zero attached hydrogens (tertiary/aromatic N) is 4. The second kappa shape index (κ2) is 6.48. The number of nitrogens with one attached hydrogen (secondary N) is 1. The van der Waals surface area contributed by atoms with Crippen molar-refractivity contribution in [2.75, 3.05) is 18.4 Å². The molecule has 1 amide bonds.